The van der Waals surface area contributed by atoms with Crippen LogP contribution in [0.2, 0.25) is 0 Å². The van der Waals surface area contributed by atoms with Gasteiger partial charge in [0.1, 0.15) is 23.7 Å². The van der Waals surface area contributed by atoms with Gasteiger partial charge in [-0.2, -0.15) is 0 Å². The highest BCUT2D eigenvalue weighted by Crippen LogP contribution is 2.35. The molecule has 4 aliphatic heterocycles. The van der Waals surface area contributed by atoms with Crippen LogP contribution in [0, 0.1) is 23.7 Å². The van der Waals surface area contributed by atoms with Crippen LogP contribution in [0.25, 0.3) is 22.5 Å². The molecule has 4 saturated heterocycles. The lowest BCUT2D eigenvalue weighted by Crippen LogP contribution is -2.52. The second-order valence-electron chi connectivity index (χ2n) is 15.9. The van der Waals surface area contributed by atoms with Gasteiger partial charge in [0.05, 0.1) is 35.9 Å². The number of carboxylic acid groups (broad SMARTS) is 2. The van der Waals surface area contributed by atoms with Crippen LogP contribution < -0.4 is 10.6 Å². The smallest absolute Gasteiger partial charge is 0.405 e. The number of aromatic amines is 2. The Labute approximate surface area is 347 Å². The maximum Gasteiger partial charge on any atom is 0.405 e. The van der Waals surface area contributed by atoms with Crippen LogP contribution >= 0.6 is 0 Å². The molecule has 2 aromatic heterocycles. The Hall–Kier alpha value is -6.18. The first kappa shape index (κ1) is 40.6. The van der Waals surface area contributed by atoms with Gasteiger partial charge in [-0.3, -0.25) is 9.59 Å². The van der Waals surface area contributed by atoms with E-state index in [0.717, 1.165) is 59.3 Å². The molecular formula is C44H50N8O8. The SMILES string of the molecule is O=C(O)NC(C(=O)N1CCCC1c1ncc(-c2cccc(C#Cc3cccc(-c4cnc([C@@H]5CCCN5C(=O)[C@@H](NC(=O)O)C5CCOCC5)[nH]4)c3)c2)[nH]1)C1CCOCC1. The number of hydrogen-bond acceptors (Lipinski definition) is 8. The molecule has 6 N–H and O–H groups in total. The van der Waals surface area contributed by atoms with Crippen molar-refractivity contribution in [3.05, 3.63) is 83.7 Å². The maximum atomic E-state index is 13.8. The standard InChI is InChI=1S/C44H50N8O8/c53-41(37(49-43(55)56)29-13-19-59-20-14-29)51-17-3-9-35(51)39-45-25-33(47-39)31-7-1-5-27(23-31)11-12-28-6-2-8-32(24-28)34-26-46-40(48-34)36-10-4-18-52(36)42(54)38(50-44(57)58)30-15-21-60-22-16-30/h1-2,5-8,23-26,29-30,35-38,49-50H,3-4,9-10,13-22H2,(H,45,47)(H,46,48)(H,55,56)(H,57,58)/t35-,36?,37-,38?/m0/s1. The summed E-state index contributed by atoms with van der Waals surface area (Å²) in [6.07, 6.45) is 6.60. The number of nitrogens with zero attached hydrogens (tertiary/aromatic N) is 4. The number of rotatable bonds is 10. The average Bonchev–Trinajstić information content (AvgIpc) is 4.12. The van der Waals surface area contributed by atoms with E-state index in [1.807, 2.05) is 48.5 Å². The van der Waals surface area contributed by atoms with E-state index in [1.165, 1.54) is 0 Å². The molecule has 60 heavy (non-hydrogen) atoms. The highest BCUT2D eigenvalue weighted by molar-refractivity contribution is 5.87. The summed E-state index contributed by atoms with van der Waals surface area (Å²) in [5, 5.41) is 24.1. The molecule has 4 aliphatic rings. The van der Waals surface area contributed by atoms with Gasteiger partial charge in [0.2, 0.25) is 11.8 Å². The van der Waals surface area contributed by atoms with Crippen LogP contribution in [0.1, 0.15) is 86.2 Å². The number of amides is 4. The van der Waals surface area contributed by atoms with Crippen molar-refractivity contribution in [1.29, 1.82) is 0 Å². The molecule has 6 heterocycles. The summed E-state index contributed by atoms with van der Waals surface area (Å²) in [7, 11) is 0. The van der Waals surface area contributed by atoms with Gasteiger partial charge in [-0.25, -0.2) is 19.6 Å². The Bertz CT molecular complexity index is 2100. The van der Waals surface area contributed by atoms with E-state index in [4.69, 9.17) is 9.47 Å². The Morgan fingerprint density at radius 3 is 1.47 bits per heavy atom. The summed E-state index contributed by atoms with van der Waals surface area (Å²) in [5.41, 5.74) is 4.96. The van der Waals surface area contributed by atoms with E-state index >= 15 is 0 Å². The molecule has 2 unspecified atom stereocenters. The number of imidazole rings is 2. The number of ether oxygens (including phenoxy) is 2. The topological polar surface area (TPSA) is 215 Å². The molecule has 4 aromatic rings. The number of carbonyl (C=O) groups excluding carboxylic acids is 2. The normalized spacial score (nSPS) is 20.9. The van der Waals surface area contributed by atoms with Crippen molar-refractivity contribution >= 4 is 24.0 Å². The number of benzene rings is 2. The lowest BCUT2D eigenvalue weighted by Gasteiger charge is -2.33. The van der Waals surface area contributed by atoms with Gasteiger partial charge in [-0.05, 0) is 87.5 Å². The van der Waals surface area contributed by atoms with Gasteiger partial charge in [0.15, 0.2) is 0 Å². The number of carbonyl (C=O) groups is 4. The van der Waals surface area contributed by atoms with E-state index in [-0.39, 0.29) is 35.7 Å². The molecule has 0 saturated carbocycles. The number of nitrogens with one attached hydrogen (secondary N) is 4. The molecule has 4 amide bonds. The maximum absolute atomic E-state index is 13.8. The van der Waals surface area contributed by atoms with Gasteiger partial charge < -0.3 is 50.1 Å². The van der Waals surface area contributed by atoms with Gasteiger partial charge in [0, 0.05) is 61.8 Å². The predicted octanol–water partition coefficient (Wildman–Crippen LogP) is 5.32. The molecule has 2 aromatic carbocycles. The van der Waals surface area contributed by atoms with Crippen LogP contribution in [0.5, 0.6) is 0 Å². The van der Waals surface area contributed by atoms with E-state index < -0.39 is 24.3 Å². The van der Waals surface area contributed by atoms with Crippen molar-refractivity contribution in [1.82, 2.24) is 40.4 Å². The van der Waals surface area contributed by atoms with Gasteiger partial charge >= 0.3 is 12.2 Å². The molecule has 0 aliphatic carbocycles. The molecule has 8 rings (SSSR count). The second kappa shape index (κ2) is 18.4. The quantitative estimate of drug-likeness (QED) is 0.113. The zero-order valence-electron chi connectivity index (χ0n) is 33.3. The summed E-state index contributed by atoms with van der Waals surface area (Å²) in [6, 6.07) is 13.4. The second-order valence-corrected chi connectivity index (χ2v) is 15.9. The van der Waals surface area contributed by atoms with Crippen molar-refractivity contribution in [2.75, 3.05) is 39.5 Å². The Morgan fingerprint density at radius 2 is 1.07 bits per heavy atom. The average molecular weight is 819 g/mol. The number of H-pyrrole nitrogens is 2. The Balaban J connectivity index is 0.940. The molecular weight excluding hydrogens is 769 g/mol. The van der Waals surface area contributed by atoms with Crippen molar-refractivity contribution in [3.63, 3.8) is 0 Å². The molecule has 0 radical (unpaired) electrons. The summed E-state index contributed by atoms with van der Waals surface area (Å²) >= 11 is 0. The largest absolute Gasteiger partial charge is 0.465 e. The van der Waals surface area contributed by atoms with Crippen molar-refractivity contribution in [3.8, 4) is 34.4 Å². The zero-order chi connectivity index (χ0) is 41.6. The van der Waals surface area contributed by atoms with E-state index in [2.05, 4.69) is 42.4 Å². The summed E-state index contributed by atoms with van der Waals surface area (Å²) in [5.74, 6) is 7.19. The molecule has 314 valence electrons. The summed E-state index contributed by atoms with van der Waals surface area (Å²) < 4.78 is 10.9. The Kier molecular flexibility index (Phi) is 12.4. The van der Waals surface area contributed by atoms with Crippen LogP contribution in [0.3, 0.4) is 0 Å². The fourth-order valence-electron chi connectivity index (χ4n) is 9.09. The van der Waals surface area contributed by atoms with Gasteiger partial charge in [0.25, 0.3) is 0 Å². The molecule has 0 bridgehead atoms. The minimum atomic E-state index is -1.21. The van der Waals surface area contributed by atoms with Crippen LogP contribution in [0.4, 0.5) is 9.59 Å². The predicted molar refractivity (Wildman–Crippen MR) is 218 cm³/mol. The van der Waals surface area contributed by atoms with E-state index in [0.29, 0.717) is 76.8 Å². The van der Waals surface area contributed by atoms with Crippen molar-refractivity contribution in [2.24, 2.45) is 11.8 Å². The first-order chi connectivity index (χ1) is 29.2. The molecule has 16 heteroatoms. The first-order valence-corrected chi connectivity index (χ1v) is 20.8. The van der Waals surface area contributed by atoms with Crippen LogP contribution in [-0.2, 0) is 19.1 Å². The minimum Gasteiger partial charge on any atom is -0.465 e. The lowest BCUT2D eigenvalue weighted by atomic mass is 9.90. The van der Waals surface area contributed by atoms with Crippen molar-refractivity contribution in [2.45, 2.75) is 75.5 Å². The third kappa shape index (κ3) is 9.17. The molecule has 16 nitrogen and oxygen atoms in total. The summed E-state index contributed by atoms with van der Waals surface area (Å²) in [4.78, 5) is 70.8. The third-order valence-corrected chi connectivity index (χ3v) is 12.2. The van der Waals surface area contributed by atoms with Crippen molar-refractivity contribution < 1.29 is 38.9 Å². The number of likely N-dealkylation sites (tertiary alicyclic amines) is 2. The summed E-state index contributed by atoms with van der Waals surface area (Å²) in [6.45, 7) is 3.07. The fraction of sp³-hybridized carbons (Fsp3) is 0.455. The lowest BCUT2D eigenvalue weighted by molar-refractivity contribution is -0.137. The van der Waals surface area contributed by atoms with Gasteiger partial charge in [-0.1, -0.05) is 36.1 Å². The molecule has 4 atom stereocenters. The molecule has 0 spiro atoms. The number of aromatic nitrogens is 4. The van der Waals surface area contributed by atoms with E-state index in [9.17, 15) is 29.4 Å². The number of hydrogen-bond donors (Lipinski definition) is 6. The first-order valence-electron chi connectivity index (χ1n) is 20.8. The monoisotopic (exact) mass is 818 g/mol. The van der Waals surface area contributed by atoms with E-state index in [1.54, 1.807) is 22.2 Å². The van der Waals surface area contributed by atoms with Crippen LogP contribution in [0.15, 0.2) is 60.9 Å². The Morgan fingerprint density at radius 1 is 0.650 bits per heavy atom. The highest BCUT2D eigenvalue weighted by atomic mass is 16.5. The third-order valence-electron chi connectivity index (χ3n) is 12.2. The zero-order valence-corrected chi connectivity index (χ0v) is 33.3. The highest BCUT2D eigenvalue weighted by Gasteiger charge is 2.41. The van der Waals surface area contributed by atoms with Gasteiger partial charge in [-0.15, -0.1) is 0 Å². The van der Waals surface area contributed by atoms with Crippen LogP contribution in [-0.4, -0.2) is 116 Å². The fourth-order valence-corrected chi connectivity index (χ4v) is 9.09. The molecule has 4 fully saturated rings. The minimum absolute atomic E-state index is 0.125.